The van der Waals surface area contributed by atoms with Crippen molar-refractivity contribution in [3.8, 4) is 0 Å². The third-order valence-electron chi connectivity index (χ3n) is 5.56. The molecule has 1 aliphatic rings. The smallest absolute Gasteiger partial charge is 0.293 e. The van der Waals surface area contributed by atoms with E-state index < -0.39 is 20.7 Å². The summed E-state index contributed by atoms with van der Waals surface area (Å²) in [4.78, 5) is 16.4. The monoisotopic (exact) mass is 519 g/mol. The van der Waals surface area contributed by atoms with E-state index in [1.807, 2.05) is 14.1 Å². The van der Waals surface area contributed by atoms with Gasteiger partial charge in [0.1, 0.15) is 16.8 Å². The van der Waals surface area contributed by atoms with Gasteiger partial charge in [-0.25, -0.2) is 17.8 Å². The number of thiazole rings is 1. The number of anilines is 2. The number of benzene rings is 1. The lowest BCUT2D eigenvalue weighted by atomic mass is 9.86. The number of aromatic nitrogens is 1. The number of hydrogen-bond acceptors (Lipinski definition) is 9. The van der Waals surface area contributed by atoms with Crippen LogP contribution in [-0.2, 0) is 19.6 Å². The Labute approximate surface area is 201 Å². The van der Waals surface area contributed by atoms with Crippen LogP contribution in [0.3, 0.4) is 0 Å². The standard InChI is InChI=1S/C20H27ClFN5O4S2/c1-23-6-8-27(2)19-15(4-3-5-17(19)31-12-28)25-16-11-14(22)18(10-13(16)21)33(29,30)26-20-24-7-9-32-20/h7,9-12,15,17,19,23,25H,3-6,8H2,1-2H3,(H,24,26)/t15?,17?,19-/m1/s1. The normalized spacial score (nSPS) is 21.1. The molecule has 3 N–H and O–H groups in total. The van der Waals surface area contributed by atoms with Gasteiger partial charge in [0.05, 0.1) is 16.8 Å². The van der Waals surface area contributed by atoms with E-state index in [4.69, 9.17) is 16.3 Å². The van der Waals surface area contributed by atoms with Crippen molar-refractivity contribution in [2.75, 3.05) is 37.2 Å². The molecule has 33 heavy (non-hydrogen) atoms. The van der Waals surface area contributed by atoms with Crippen LogP contribution in [0.5, 0.6) is 0 Å². The zero-order chi connectivity index (χ0) is 24.0. The Bertz CT molecular complexity index is 1040. The molecule has 9 nitrogen and oxygen atoms in total. The average Bonchev–Trinajstić information content (AvgIpc) is 3.27. The van der Waals surface area contributed by atoms with Crippen molar-refractivity contribution in [2.24, 2.45) is 0 Å². The molecule has 0 bridgehead atoms. The first-order valence-corrected chi connectivity index (χ1v) is 13.1. The lowest BCUT2D eigenvalue weighted by Crippen LogP contribution is -2.56. The van der Waals surface area contributed by atoms with Crippen molar-refractivity contribution < 1.29 is 22.3 Å². The maximum absolute atomic E-state index is 14.9. The van der Waals surface area contributed by atoms with E-state index in [0.29, 0.717) is 19.4 Å². The Morgan fingerprint density at radius 3 is 2.85 bits per heavy atom. The van der Waals surface area contributed by atoms with E-state index in [1.165, 1.54) is 6.20 Å². The molecule has 1 heterocycles. The van der Waals surface area contributed by atoms with E-state index in [9.17, 15) is 17.6 Å². The second kappa shape index (κ2) is 11.4. The lowest BCUT2D eigenvalue weighted by molar-refractivity contribution is -0.138. The highest BCUT2D eigenvalue weighted by molar-refractivity contribution is 7.93. The first-order chi connectivity index (χ1) is 15.8. The maximum atomic E-state index is 14.9. The fraction of sp³-hybridized carbons (Fsp3) is 0.500. The number of sulfonamides is 1. The number of rotatable bonds is 11. The third kappa shape index (κ3) is 6.33. The van der Waals surface area contributed by atoms with Crippen molar-refractivity contribution in [3.05, 3.63) is 34.5 Å². The van der Waals surface area contributed by atoms with E-state index in [2.05, 4.69) is 25.2 Å². The van der Waals surface area contributed by atoms with E-state index >= 15 is 0 Å². The summed E-state index contributed by atoms with van der Waals surface area (Å²) < 4.78 is 47.7. The van der Waals surface area contributed by atoms with Gasteiger partial charge in [-0.1, -0.05) is 11.6 Å². The number of carbonyl (C=O) groups is 1. The number of likely N-dealkylation sites (N-methyl/N-ethyl adjacent to an activating group) is 2. The predicted octanol–water partition coefficient (Wildman–Crippen LogP) is 2.76. The SMILES string of the molecule is CNCCN(C)[C@@H]1C(Nc2cc(F)c(S(=O)(=O)Nc3nccs3)cc2Cl)CCCC1OC=O. The predicted molar refractivity (Wildman–Crippen MR) is 127 cm³/mol. The highest BCUT2D eigenvalue weighted by Crippen LogP contribution is 2.33. The molecule has 0 radical (unpaired) electrons. The van der Waals surface area contributed by atoms with Gasteiger partial charge in [0, 0.05) is 30.7 Å². The van der Waals surface area contributed by atoms with Gasteiger partial charge in [0.15, 0.2) is 5.13 Å². The second-order valence-electron chi connectivity index (χ2n) is 7.73. The minimum absolute atomic E-state index is 0.0611. The van der Waals surface area contributed by atoms with Crippen LogP contribution in [0.1, 0.15) is 19.3 Å². The Balaban J connectivity index is 1.84. The molecule has 0 amide bonds. The summed E-state index contributed by atoms with van der Waals surface area (Å²) in [7, 11) is -0.412. The number of ether oxygens (including phenoxy) is 1. The number of halogens is 2. The molecule has 0 spiro atoms. The zero-order valence-corrected chi connectivity index (χ0v) is 20.6. The van der Waals surface area contributed by atoms with Crippen molar-refractivity contribution in [3.63, 3.8) is 0 Å². The van der Waals surface area contributed by atoms with Gasteiger partial charge in [-0.3, -0.25) is 14.4 Å². The van der Waals surface area contributed by atoms with Crippen LogP contribution in [0.2, 0.25) is 5.02 Å². The van der Waals surface area contributed by atoms with Crippen molar-refractivity contribution in [1.82, 2.24) is 15.2 Å². The lowest BCUT2D eigenvalue weighted by Gasteiger charge is -2.43. The summed E-state index contributed by atoms with van der Waals surface area (Å²) in [6.07, 6.45) is 3.37. The number of nitrogens with zero attached hydrogens (tertiary/aromatic N) is 2. The Morgan fingerprint density at radius 1 is 1.39 bits per heavy atom. The highest BCUT2D eigenvalue weighted by atomic mass is 35.5. The zero-order valence-electron chi connectivity index (χ0n) is 18.3. The van der Waals surface area contributed by atoms with E-state index in [0.717, 1.165) is 42.9 Å². The minimum atomic E-state index is -4.20. The summed E-state index contributed by atoms with van der Waals surface area (Å²) in [5, 5.41) is 8.14. The van der Waals surface area contributed by atoms with Crippen LogP contribution in [0.25, 0.3) is 0 Å². The summed E-state index contributed by atoms with van der Waals surface area (Å²) in [5.74, 6) is -0.942. The second-order valence-corrected chi connectivity index (χ2v) is 10.7. The van der Waals surface area contributed by atoms with Gasteiger partial charge >= 0.3 is 0 Å². The average molecular weight is 520 g/mol. The minimum Gasteiger partial charge on any atom is -0.463 e. The van der Waals surface area contributed by atoms with Gasteiger partial charge in [-0.05, 0) is 45.5 Å². The van der Waals surface area contributed by atoms with Crippen molar-refractivity contribution >= 4 is 50.3 Å². The molecule has 1 fully saturated rings. The number of carbonyl (C=O) groups excluding carboxylic acids is 1. The fourth-order valence-electron chi connectivity index (χ4n) is 4.03. The summed E-state index contributed by atoms with van der Waals surface area (Å²) >= 11 is 7.45. The quantitative estimate of drug-likeness (QED) is 0.388. The van der Waals surface area contributed by atoms with Crippen LogP contribution >= 0.6 is 22.9 Å². The first-order valence-electron chi connectivity index (χ1n) is 10.4. The molecule has 2 aromatic rings. The van der Waals surface area contributed by atoms with E-state index in [-0.39, 0.29) is 34.0 Å². The van der Waals surface area contributed by atoms with Gasteiger partial charge in [0.2, 0.25) is 0 Å². The number of nitrogens with one attached hydrogen (secondary N) is 3. The molecule has 3 atom stereocenters. The molecule has 1 saturated carbocycles. The van der Waals surface area contributed by atoms with Crippen LogP contribution in [0.4, 0.5) is 15.2 Å². The summed E-state index contributed by atoms with van der Waals surface area (Å²) in [6.45, 7) is 1.90. The van der Waals surface area contributed by atoms with Gasteiger partial charge < -0.3 is 15.4 Å². The summed E-state index contributed by atoms with van der Waals surface area (Å²) in [6, 6.07) is 1.79. The molecular weight excluding hydrogens is 493 g/mol. The third-order valence-corrected chi connectivity index (χ3v) is 8.04. The maximum Gasteiger partial charge on any atom is 0.293 e. The molecule has 1 aromatic heterocycles. The molecular formula is C20H27ClFN5O4S2. The Kier molecular flexibility index (Phi) is 8.88. The molecule has 2 unspecified atom stereocenters. The molecule has 13 heteroatoms. The molecule has 0 saturated heterocycles. The first kappa shape index (κ1) is 25.6. The van der Waals surface area contributed by atoms with Gasteiger partial charge in [-0.15, -0.1) is 11.3 Å². The van der Waals surface area contributed by atoms with Crippen LogP contribution in [0.15, 0.2) is 28.6 Å². The van der Waals surface area contributed by atoms with Crippen LogP contribution in [-0.4, -0.2) is 70.1 Å². The molecule has 3 rings (SSSR count). The Hall–Kier alpha value is -1.99. The number of hydrogen-bond donors (Lipinski definition) is 3. The van der Waals surface area contributed by atoms with Crippen LogP contribution in [0, 0.1) is 5.82 Å². The largest absolute Gasteiger partial charge is 0.463 e. The van der Waals surface area contributed by atoms with Crippen molar-refractivity contribution in [1.29, 1.82) is 0 Å². The Morgan fingerprint density at radius 2 is 2.18 bits per heavy atom. The summed E-state index contributed by atoms with van der Waals surface area (Å²) in [5.41, 5.74) is 0.270. The van der Waals surface area contributed by atoms with Gasteiger partial charge in [-0.2, -0.15) is 0 Å². The highest BCUT2D eigenvalue weighted by Gasteiger charge is 2.37. The van der Waals surface area contributed by atoms with Crippen molar-refractivity contribution in [2.45, 2.75) is 42.3 Å². The molecule has 0 aliphatic heterocycles. The van der Waals surface area contributed by atoms with Crippen LogP contribution < -0.4 is 15.4 Å². The fourth-order valence-corrected chi connectivity index (χ4v) is 6.19. The van der Waals surface area contributed by atoms with Gasteiger partial charge in [0.25, 0.3) is 16.5 Å². The molecule has 1 aromatic carbocycles. The van der Waals surface area contributed by atoms with E-state index in [1.54, 1.807) is 5.38 Å². The topological polar surface area (TPSA) is 113 Å². The molecule has 1 aliphatic carbocycles. The molecule has 182 valence electrons.